The highest BCUT2D eigenvalue weighted by Gasteiger charge is 2.20. The molecule has 0 saturated heterocycles. The third-order valence-corrected chi connectivity index (χ3v) is 3.16. The zero-order chi connectivity index (χ0) is 12.9. The van der Waals surface area contributed by atoms with Gasteiger partial charge in [-0.25, -0.2) is 9.29 Å². The van der Waals surface area contributed by atoms with E-state index in [-0.39, 0.29) is 5.03 Å². The number of hydrogen-bond donors (Lipinski definition) is 3. The van der Waals surface area contributed by atoms with Crippen LogP contribution in [0.15, 0.2) is 17.6 Å². The lowest BCUT2D eigenvalue weighted by atomic mass is 10.9. The SMILES string of the molecule is CN(C)S(O)(O)c1cn(N)cn1.CP(C)C. The van der Waals surface area contributed by atoms with E-state index in [1.54, 1.807) is 14.1 Å². The minimum Gasteiger partial charge on any atom is -0.338 e. The molecule has 4 N–H and O–H groups in total. The maximum Gasteiger partial charge on any atom is 0.183 e. The van der Waals surface area contributed by atoms with E-state index in [2.05, 4.69) is 25.0 Å². The van der Waals surface area contributed by atoms with Crippen LogP contribution in [-0.2, 0) is 0 Å². The van der Waals surface area contributed by atoms with Crippen LogP contribution in [0.1, 0.15) is 0 Å². The van der Waals surface area contributed by atoms with Crippen LogP contribution in [0, 0.1) is 0 Å². The quantitative estimate of drug-likeness (QED) is 0.559. The molecule has 6 nitrogen and oxygen atoms in total. The molecule has 0 saturated carbocycles. The van der Waals surface area contributed by atoms with Gasteiger partial charge >= 0.3 is 0 Å². The first kappa shape index (κ1) is 15.7. The maximum atomic E-state index is 9.51. The predicted octanol–water partition coefficient (Wildman–Crippen LogP) is 1.54. The van der Waals surface area contributed by atoms with Crippen molar-refractivity contribution < 1.29 is 9.11 Å². The summed E-state index contributed by atoms with van der Waals surface area (Å²) in [6.45, 7) is 6.69. The molecule has 0 atom stereocenters. The first-order chi connectivity index (χ1) is 7.17. The topological polar surface area (TPSA) is 87.5 Å². The maximum absolute atomic E-state index is 9.51. The normalized spacial score (nSPS) is 12.6. The van der Waals surface area contributed by atoms with Crippen LogP contribution in [0.5, 0.6) is 0 Å². The highest BCUT2D eigenvalue weighted by Crippen LogP contribution is 2.47. The van der Waals surface area contributed by atoms with Crippen molar-refractivity contribution in [2.24, 2.45) is 0 Å². The van der Waals surface area contributed by atoms with Gasteiger partial charge in [0.15, 0.2) is 5.03 Å². The van der Waals surface area contributed by atoms with Crippen molar-refractivity contribution in [1.82, 2.24) is 14.0 Å². The molecule has 1 heterocycles. The van der Waals surface area contributed by atoms with Gasteiger partial charge < -0.3 is 5.84 Å². The second-order valence-corrected chi connectivity index (χ2v) is 8.70. The monoisotopic (exact) mass is 268 g/mol. The molecule has 1 aromatic rings. The fourth-order valence-corrected chi connectivity index (χ4v) is 1.47. The largest absolute Gasteiger partial charge is 0.338 e. The first-order valence-corrected chi connectivity index (χ1v) is 8.72. The van der Waals surface area contributed by atoms with Crippen LogP contribution in [0.3, 0.4) is 0 Å². The van der Waals surface area contributed by atoms with Crippen LogP contribution in [0.2, 0.25) is 0 Å². The zero-order valence-corrected chi connectivity index (χ0v) is 12.0. The lowest BCUT2D eigenvalue weighted by molar-refractivity contribution is 0.410. The van der Waals surface area contributed by atoms with Gasteiger partial charge in [0.05, 0.1) is 6.20 Å². The molecule has 0 aliphatic rings. The molecule has 0 aromatic carbocycles. The van der Waals surface area contributed by atoms with Gasteiger partial charge in [-0.2, -0.15) is 0 Å². The van der Waals surface area contributed by atoms with E-state index in [4.69, 9.17) is 5.84 Å². The molecular formula is C8H21N4O2PS. The number of imidazole rings is 1. The van der Waals surface area contributed by atoms with Crippen LogP contribution in [-0.4, -0.2) is 57.2 Å². The first-order valence-electron chi connectivity index (χ1n) is 4.53. The van der Waals surface area contributed by atoms with Gasteiger partial charge in [-0.05, 0) is 20.0 Å². The van der Waals surface area contributed by atoms with Crippen LogP contribution in [0.25, 0.3) is 0 Å². The Morgan fingerprint density at radius 1 is 1.38 bits per heavy atom. The molecule has 0 fully saturated rings. The Morgan fingerprint density at radius 2 is 1.81 bits per heavy atom. The summed E-state index contributed by atoms with van der Waals surface area (Å²) in [7, 11) is 0.566. The van der Waals surface area contributed by atoms with Gasteiger partial charge in [0.1, 0.15) is 6.33 Å². The highest BCUT2D eigenvalue weighted by molar-refractivity contribution is 8.22. The molecule has 0 aliphatic heterocycles. The highest BCUT2D eigenvalue weighted by atomic mass is 32.3. The van der Waals surface area contributed by atoms with Gasteiger partial charge in [-0.15, -0.1) is 7.92 Å². The average molecular weight is 268 g/mol. The predicted molar refractivity (Wildman–Crippen MR) is 71.9 cm³/mol. The lowest BCUT2D eigenvalue weighted by Crippen LogP contribution is -2.19. The van der Waals surface area contributed by atoms with Gasteiger partial charge in [0.25, 0.3) is 0 Å². The third-order valence-electron chi connectivity index (χ3n) is 1.37. The second-order valence-electron chi connectivity index (χ2n) is 3.83. The summed E-state index contributed by atoms with van der Waals surface area (Å²) in [4.78, 5) is 3.74. The van der Waals surface area contributed by atoms with E-state index in [9.17, 15) is 9.11 Å². The molecule has 0 bridgehead atoms. The number of nitrogens with two attached hydrogens (primary N) is 1. The number of aromatic nitrogens is 2. The van der Waals surface area contributed by atoms with Crippen molar-refractivity contribution in [1.29, 1.82) is 0 Å². The summed E-state index contributed by atoms with van der Waals surface area (Å²) in [5.74, 6) is 5.30. The lowest BCUT2D eigenvalue weighted by Gasteiger charge is -2.35. The summed E-state index contributed by atoms with van der Waals surface area (Å²) in [5.41, 5.74) is 0. The zero-order valence-electron chi connectivity index (χ0n) is 10.3. The Morgan fingerprint density at radius 3 is 2.06 bits per heavy atom. The molecule has 96 valence electrons. The molecule has 16 heavy (non-hydrogen) atoms. The second kappa shape index (κ2) is 6.42. The van der Waals surface area contributed by atoms with Crippen molar-refractivity contribution in [3.05, 3.63) is 12.5 Å². The summed E-state index contributed by atoms with van der Waals surface area (Å²) < 4.78 is 21.5. The van der Waals surface area contributed by atoms with Crippen LogP contribution >= 0.6 is 18.7 Å². The van der Waals surface area contributed by atoms with Gasteiger partial charge in [-0.3, -0.25) is 13.8 Å². The van der Waals surface area contributed by atoms with Crippen molar-refractivity contribution in [3.63, 3.8) is 0 Å². The number of rotatable bonds is 2. The molecule has 8 heteroatoms. The Balaban J connectivity index is 0.000000487. The van der Waals surface area contributed by atoms with Gasteiger partial charge in [-0.1, -0.05) is 10.8 Å². The molecule has 0 unspecified atom stereocenters. The van der Waals surface area contributed by atoms with E-state index in [0.29, 0.717) is 7.92 Å². The van der Waals surface area contributed by atoms with Crippen LogP contribution < -0.4 is 5.84 Å². The minimum absolute atomic E-state index is 0.176. The Labute approximate surface area is 99.7 Å². The number of hydrogen-bond acceptors (Lipinski definition) is 5. The molecule has 0 amide bonds. The summed E-state index contributed by atoms with van der Waals surface area (Å²) in [5, 5.41) is 0.176. The standard InChI is InChI=1S/C5H12N4O2S.C3H9P/c1-8(2)12(10,11)5-3-9(6)4-7-5;1-4(2)3/h3-4,10-11H,6H2,1-2H3;1-3H3. The minimum atomic E-state index is -2.93. The Hall–Kier alpha value is -0.330. The summed E-state index contributed by atoms with van der Waals surface area (Å²) in [6.07, 6.45) is 2.68. The third kappa shape index (κ3) is 5.14. The molecule has 0 radical (unpaired) electrons. The van der Waals surface area contributed by atoms with Gasteiger partial charge in [0, 0.05) is 14.1 Å². The molecule has 0 spiro atoms. The van der Waals surface area contributed by atoms with E-state index in [1.807, 2.05) is 0 Å². The van der Waals surface area contributed by atoms with Crippen molar-refractivity contribution >= 4 is 18.7 Å². The molecule has 1 rings (SSSR count). The van der Waals surface area contributed by atoms with Crippen LogP contribution in [0.4, 0.5) is 0 Å². The Bertz CT molecular complexity index is 314. The Kier molecular flexibility index (Phi) is 6.28. The molecule has 1 aromatic heterocycles. The van der Waals surface area contributed by atoms with E-state index < -0.39 is 10.8 Å². The summed E-state index contributed by atoms with van der Waals surface area (Å²) in [6, 6.07) is 0. The van der Waals surface area contributed by atoms with E-state index in [0.717, 1.165) is 0 Å². The molecular weight excluding hydrogens is 247 g/mol. The fourth-order valence-electron chi connectivity index (χ4n) is 0.646. The van der Waals surface area contributed by atoms with E-state index >= 15 is 0 Å². The van der Waals surface area contributed by atoms with E-state index in [1.165, 1.54) is 21.5 Å². The summed E-state index contributed by atoms with van der Waals surface area (Å²) >= 11 is 0. The number of nitrogen functional groups attached to an aromatic ring is 1. The van der Waals surface area contributed by atoms with Gasteiger partial charge in [0.2, 0.25) is 0 Å². The average Bonchev–Trinajstić information content (AvgIpc) is 2.50. The smallest absolute Gasteiger partial charge is 0.183 e. The number of nitrogens with zero attached hydrogens (tertiary/aromatic N) is 3. The van der Waals surface area contributed by atoms with Crippen molar-refractivity contribution in [2.75, 3.05) is 39.9 Å². The molecule has 0 aliphatic carbocycles. The van der Waals surface area contributed by atoms with Crippen molar-refractivity contribution in [3.8, 4) is 0 Å². The van der Waals surface area contributed by atoms with Crippen molar-refractivity contribution in [2.45, 2.75) is 5.03 Å². The fraction of sp³-hybridized carbons (Fsp3) is 0.625.